The van der Waals surface area contributed by atoms with E-state index < -0.39 is 0 Å². The maximum Gasteiger partial charge on any atom is 0.170 e. The molecule has 1 atom stereocenters. The fourth-order valence-corrected chi connectivity index (χ4v) is 2.24. The quantitative estimate of drug-likeness (QED) is 0.687. The van der Waals surface area contributed by atoms with Gasteiger partial charge in [-0.25, -0.2) is 4.98 Å². The minimum atomic E-state index is 0.581. The van der Waals surface area contributed by atoms with Gasteiger partial charge in [-0.05, 0) is 18.8 Å². The summed E-state index contributed by atoms with van der Waals surface area (Å²) in [5.74, 6) is 1.86. The van der Waals surface area contributed by atoms with Crippen LogP contribution in [0.1, 0.15) is 42.5 Å². The number of aromatic nitrogens is 2. The molecule has 3 heteroatoms. The van der Waals surface area contributed by atoms with Crippen molar-refractivity contribution in [2.24, 2.45) is 5.92 Å². The van der Waals surface area contributed by atoms with E-state index in [0.29, 0.717) is 5.69 Å². The van der Waals surface area contributed by atoms with E-state index in [4.69, 9.17) is 0 Å². The van der Waals surface area contributed by atoms with Gasteiger partial charge in [0.15, 0.2) is 6.29 Å². The summed E-state index contributed by atoms with van der Waals surface area (Å²) in [4.78, 5) is 14.8. The van der Waals surface area contributed by atoms with Crippen molar-refractivity contribution in [2.75, 3.05) is 0 Å². The van der Waals surface area contributed by atoms with E-state index in [-0.39, 0.29) is 0 Å². The van der Waals surface area contributed by atoms with E-state index in [1.807, 2.05) is 6.20 Å². The summed E-state index contributed by atoms with van der Waals surface area (Å²) in [5.41, 5.74) is 0.581. The topological polar surface area (TPSA) is 34.9 Å². The van der Waals surface area contributed by atoms with Crippen LogP contribution in [0.2, 0.25) is 0 Å². The van der Waals surface area contributed by atoms with Gasteiger partial charge in [-0.15, -0.1) is 0 Å². The minimum absolute atomic E-state index is 0.581. The molecule has 2 heterocycles. The predicted octanol–water partition coefficient (Wildman–Crippen LogP) is 2.06. The third-order valence-corrected chi connectivity index (χ3v) is 2.93. The smallest absolute Gasteiger partial charge is 0.170 e. The molecule has 0 saturated carbocycles. The molecule has 0 aliphatic carbocycles. The largest absolute Gasteiger partial charge is 0.334 e. The molecule has 1 aromatic rings. The number of hydrogen-bond donors (Lipinski definition) is 0. The predicted molar refractivity (Wildman–Crippen MR) is 54.3 cm³/mol. The maximum absolute atomic E-state index is 10.6. The van der Waals surface area contributed by atoms with Crippen molar-refractivity contribution in [3.8, 4) is 0 Å². The number of hydrogen-bond acceptors (Lipinski definition) is 2. The van der Waals surface area contributed by atoms with E-state index in [2.05, 4.69) is 16.5 Å². The average Bonchev–Trinajstić information content (AvgIpc) is 2.60. The Hall–Kier alpha value is -1.12. The van der Waals surface area contributed by atoms with E-state index in [1.165, 1.54) is 19.3 Å². The minimum Gasteiger partial charge on any atom is -0.334 e. The first-order chi connectivity index (χ1) is 6.83. The molecule has 0 amide bonds. The molecule has 0 fully saturated rings. The Morgan fingerprint density at radius 3 is 3.29 bits per heavy atom. The van der Waals surface area contributed by atoms with Crippen molar-refractivity contribution in [1.82, 2.24) is 9.55 Å². The van der Waals surface area contributed by atoms with Crippen LogP contribution in [0.15, 0.2) is 6.20 Å². The molecule has 76 valence electrons. The van der Waals surface area contributed by atoms with Crippen LogP contribution >= 0.6 is 0 Å². The molecule has 14 heavy (non-hydrogen) atoms. The number of fused-ring (bicyclic) bond motifs is 1. The number of aldehydes is 1. The first-order valence-corrected chi connectivity index (χ1v) is 5.34. The third-order valence-electron chi connectivity index (χ3n) is 2.93. The summed E-state index contributed by atoms with van der Waals surface area (Å²) in [7, 11) is 0. The monoisotopic (exact) mass is 192 g/mol. The highest BCUT2D eigenvalue weighted by Crippen LogP contribution is 2.23. The van der Waals surface area contributed by atoms with Gasteiger partial charge in [0.25, 0.3) is 0 Å². The number of imidazole rings is 1. The molecule has 0 saturated heterocycles. The van der Waals surface area contributed by atoms with Crippen LogP contribution in [-0.4, -0.2) is 15.8 Å². The molecule has 0 aromatic carbocycles. The Labute approximate surface area is 84.1 Å². The van der Waals surface area contributed by atoms with Crippen LogP contribution in [0.5, 0.6) is 0 Å². The molecule has 0 bridgehead atoms. The van der Waals surface area contributed by atoms with Gasteiger partial charge in [0, 0.05) is 19.2 Å². The van der Waals surface area contributed by atoms with Gasteiger partial charge < -0.3 is 4.57 Å². The second-order valence-electron chi connectivity index (χ2n) is 4.05. The molecule has 0 N–H and O–H groups in total. The Bertz CT molecular complexity index is 330. The summed E-state index contributed by atoms with van der Waals surface area (Å²) in [6.45, 7) is 3.27. The highest BCUT2D eigenvalue weighted by Gasteiger charge is 2.19. The van der Waals surface area contributed by atoms with Crippen LogP contribution in [0, 0.1) is 5.92 Å². The average molecular weight is 192 g/mol. The molecular weight excluding hydrogens is 176 g/mol. The molecule has 1 unspecified atom stereocenters. The van der Waals surface area contributed by atoms with Crippen molar-refractivity contribution in [1.29, 1.82) is 0 Å². The van der Waals surface area contributed by atoms with E-state index in [0.717, 1.165) is 31.0 Å². The third kappa shape index (κ3) is 1.72. The van der Waals surface area contributed by atoms with Gasteiger partial charge in [-0.2, -0.15) is 0 Å². The van der Waals surface area contributed by atoms with Crippen molar-refractivity contribution >= 4 is 6.29 Å². The second kappa shape index (κ2) is 3.95. The Morgan fingerprint density at radius 2 is 2.57 bits per heavy atom. The highest BCUT2D eigenvalue weighted by molar-refractivity contribution is 5.71. The Morgan fingerprint density at radius 1 is 1.71 bits per heavy atom. The zero-order chi connectivity index (χ0) is 9.97. The SMILES string of the molecule is CCCC1CCc2nc(C=O)cn2C1. The van der Waals surface area contributed by atoms with Gasteiger partial charge >= 0.3 is 0 Å². The van der Waals surface area contributed by atoms with Crippen LogP contribution in [0.4, 0.5) is 0 Å². The zero-order valence-electron chi connectivity index (χ0n) is 8.57. The zero-order valence-corrected chi connectivity index (χ0v) is 8.57. The number of nitrogens with zero attached hydrogens (tertiary/aromatic N) is 2. The van der Waals surface area contributed by atoms with Gasteiger partial charge in [0.05, 0.1) is 0 Å². The fourth-order valence-electron chi connectivity index (χ4n) is 2.24. The highest BCUT2D eigenvalue weighted by atomic mass is 16.1. The van der Waals surface area contributed by atoms with Crippen molar-refractivity contribution in [3.63, 3.8) is 0 Å². The van der Waals surface area contributed by atoms with E-state index >= 15 is 0 Å². The standard InChI is InChI=1S/C11H16N2O/c1-2-3-9-4-5-11-12-10(8-14)7-13(11)6-9/h7-9H,2-6H2,1H3. The summed E-state index contributed by atoms with van der Waals surface area (Å²) in [6, 6.07) is 0. The summed E-state index contributed by atoms with van der Waals surface area (Å²) >= 11 is 0. The lowest BCUT2D eigenvalue weighted by Crippen LogP contribution is -2.19. The van der Waals surface area contributed by atoms with Gasteiger partial charge in [-0.3, -0.25) is 4.79 Å². The molecule has 1 aliphatic heterocycles. The summed E-state index contributed by atoms with van der Waals surface area (Å²) in [5, 5.41) is 0. The Kier molecular flexibility index (Phi) is 2.66. The molecule has 0 spiro atoms. The molecule has 2 rings (SSSR count). The molecular formula is C11H16N2O. The van der Waals surface area contributed by atoms with Crippen molar-refractivity contribution in [2.45, 2.75) is 39.2 Å². The van der Waals surface area contributed by atoms with Crippen molar-refractivity contribution < 1.29 is 4.79 Å². The van der Waals surface area contributed by atoms with E-state index in [9.17, 15) is 4.79 Å². The number of aryl methyl sites for hydroxylation is 1. The lowest BCUT2D eigenvalue weighted by Gasteiger charge is -2.22. The maximum atomic E-state index is 10.6. The van der Waals surface area contributed by atoms with Gasteiger partial charge in [-0.1, -0.05) is 13.3 Å². The molecule has 0 radical (unpaired) electrons. The first kappa shape index (κ1) is 9.44. The van der Waals surface area contributed by atoms with Crippen molar-refractivity contribution in [3.05, 3.63) is 17.7 Å². The van der Waals surface area contributed by atoms with Crippen LogP contribution in [0.3, 0.4) is 0 Å². The number of carbonyl (C=O) groups is 1. The van der Waals surface area contributed by atoms with Crippen LogP contribution < -0.4 is 0 Å². The summed E-state index contributed by atoms with van der Waals surface area (Å²) in [6.07, 6.45) is 7.50. The van der Waals surface area contributed by atoms with Crippen LogP contribution in [-0.2, 0) is 13.0 Å². The fraction of sp³-hybridized carbons (Fsp3) is 0.636. The molecule has 1 aromatic heterocycles. The number of carbonyl (C=O) groups excluding carboxylic acids is 1. The molecule has 3 nitrogen and oxygen atoms in total. The summed E-state index contributed by atoms with van der Waals surface area (Å²) < 4.78 is 2.15. The van der Waals surface area contributed by atoms with Crippen LogP contribution in [0.25, 0.3) is 0 Å². The Balaban J connectivity index is 2.13. The lowest BCUT2D eigenvalue weighted by molar-refractivity contribution is 0.111. The number of rotatable bonds is 3. The van der Waals surface area contributed by atoms with Gasteiger partial charge in [0.1, 0.15) is 11.5 Å². The normalized spacial score (nSPS) is 20.5. The second-order valence-corrected chi connectivity index (χ2v) is 4.05. The molecule has 1 aliphatic rings. The van der Waals surface area contributed by atoms with E-state index in [1.54, 1.807) is 0 Å². The first-order valence-electron chi connectivity index (χ1n) is 5.34. The lowest BCUT2D eigenvalue weighted by atomic mass is 9.95. The van der Waals surface area contributed by atoms with Gasteiger partial charge in [0.2, 0.25) is 0 Å².